The highest BCUT2D eigenvalue weighted by Gasteiger charge is 2.10. The van der Waals surface area contributed by atoms with E-state index < -0.39 is 0 Å². The summed E-state index contributed by atoms with van der Waals surface area (Å²) in [5.74, 6) is 0.530. The van der Waals surface area contributed by atoms with Gasteiger partial charge in [-0.15, -0.1) is 0 Å². The molecular weight excluding hydrogens is 246 g/mol. The van der Waals surface area contributed by atoms with Gasteiger partial charge in [0.05, 0.1) is 0 Å². The molecule has 0 aliphatic heterocycles. The number of benzene rings is 1. The molecule has 1 aromatic carbocycles. The van der Waals surface area contributed by atoms with Crippen LogP contribution in [0.1, 0.15) is 76.2 Å². The molecule has 0 heterocycles. The van der Waals surface area contributed by atoms with Gasteiger partial charge in [-0.2, -0.15) is 0 Å². The lowest BCUT2D eigenvalue weighted by molar-refractivity contribution is -0.118. The zero-order chi connectivity index (χ0) is 14.6. The molecule has 2 nitrogen and oxygen atoms in total. The van der Waals surface area contributed by atoms with Gasteiger partial charge in [0.1, 0.15) is 0 Å². The summed E-state index contributed by atoms with van der Waals surface area (Å²) in [4.78, 5) is 10.7. The van der Waals surface area contributed by atoms with Crippen molar-refractivity contribution in [2.75, 3.05) is 0 Å². The largest absolute Gasteiger partial charge is 0.370 e. The molecule has 0 saturated heterocycles. The van der Waals surface area contributed by atoms with Gasteiger partial charge in [0.15, 0.2) is 0 Å². The molecule has 2 heteroatoms. The second kappa shape index (κ2) is 10.5. The Hall–Kier alpha value is -1.31. The van der Waals surface area contributed by atoms with Gasteiger partial charge in [-0.25, -0.2) is 0 Å². The number of primary amides is 1. The monoisotopic (exact) mass is 275 g/mol. The van der Waals surface area contributed by atoms with E-state index >= 15 is 0 Å². The van der Waals surface area contributed by atoms with Gasteiger partial charge in [0.25, 0.3) is 0 Å². The Morgan fingerprint density at radius 2 is 1.65 bits per heavy atom. The second-order valence-electron chi connectivity index (χ2n) is 5.67. The molecule has 0 saturated carbocycles. The molecule has 1 amide bonds. The van der Waals surface area contributed by atoms with Crippen molar-refractivity contribution < 1.29 is 4.79 Å². The van der Waals surface area contributed by atoms with Crippen molar-refractivity contribution in [2.45, 2.75) is 70.6 Å². The van der Waals surface area contributed by atoms with E-state index in [1.807, 2.05) is 0 Å². The summed E-state index contributed by atoms with van der Waals surface area (Å²) in [7, 11) is 0. The summed E-state index contributed by atoms with van der Waals surface area (Å²) in [6, 6.07) is 10.9. The van der Waals surface area contributed by atoms with Crippen LogP contribution in [0.25, 0.3) is 0 Å². The van der Waals surface area contributed by atoms with Crippen molar-refractivity contribution in [1.29, 1.82) is 0 Å². The van der Waals surface area contributed by atoms with E-state index in [4.69, 9.17) is 5.73 Å². The SMILES string of the molecule is CCCC[C@H](CCCCCCC(N)=O)c1ccccc1. The molecule has 0 spiro atoms. The third kappa shape index (κ3) is 7.32. The predicted octanol–water partition coefficient (Wildman–Crippen LogP) is 4.79. The zero-order valence-corrected chi connectivity index (χ0v) is 12.8. The molecule has 0 aliphatic carbocycles. The first kappa shape index (κ1) is 16.7. The van der Waals surface area contributed by atoms with Crippen LogP contribution in [0.2, 0.25) is 0 Å². The van der Waals surface area contributed by atoms with E-state index in [9.17, 15) is 4.79 Å². The molecule has 0 aromatic heterocycles. The van der Waals surface area contributed by atoms with Crippen LogP contribution in [0.4, 0.5) is 0 Å². The smallest absolute Gasteiger partial charge is 0.217 e. The molecule has 112 valence electrons. The molecule has 0 fully saturated rings. The first-order valence-corrected chi connectivity index (χ1v) is 8.07. The van der Waals surface area contributed by atoms with E-state index in [0.717, 1.165) is 12.8 Å². The molecule has 1 atom stereocenters. The third-order valence-corrected chi connectivity index (χ3v) is 3.90. The highest BCUT2D eigenvalue weighted by molar-refractivity contribution is 5.73. The number of nitrogens with two attached hydrogens (primary N) is 1. The minimum Gasteiger partial charge on any atom is -0.370 e. The van der Waals surface area contributed by atoms with Crippen molar-refractivity contribution >= 4 is 5.91 Å². The fraction of sp³-hybridized carbons (Fsp3) is 0.611. The molecule has 1 aromatic rings. The maximum atomic E-state index is 10.7. The van der Waals surface area contributed by atoms with Crippen LogP contribution in [0.5, 0.6) is 0 Å². The van der Waals surface area contributed by atoms with Crippen LogP contribution in [-0.2, 0) is 4.79 Å². The number of carbonyl (C=O) groups excluding carboxylic acids is 1. The van der Waals surface area contributed by atoms with E-state index in [0.29, 0.717) is 12.3 Å². The number of hydrogen-bond donors (Lipinski definition) is 1. The van der Waals surface area contributed by atoms with E-state index in [-0.39, 0.29) is 5.91 Å². The lowest BCUT2D eigenvalue weighted by Gasteiger charge is -2.17. The molecular formula is C18H29NO. The Balaban J connectivity index is 2.29. The maximum Gasteiger partial charge on any atom is 0.217 e. The number of rotatable bonds is 11. The lowest BCUT2D eigenvalue weighted by Crippen LogP contribution is -2.09. The third-order valence-electron chi connectivity index (χ3n) is 3.90. The summed E-state index contributed by atoms with van der Waals surface area (Å²) >= 11 is 0. The zero-order valence-electron chi connectivity index (χ0n) is 12.8. The number of hydrogen-bond acceptors (Lipinski definition) is 1. The Morgan fingerprint density at radius 1 is 1.00 bits per heavy atom. The van der Waals surface area contributed by atoms with Crippen LogP contribution < -0.4 is 5.73 Å². The molecule has 0 unspecified atom stereocenters. The normalized spacial score (nSPS) is 12.2. The average Bonchev–Trinajstić information content (AvgIpc) is 2.46. The standard InChI is InChI=1S/C18H29NO/c1-2-3-11-16(17-13-8-6-9-14-17)12-7-4-5-10-15-18(19)20/h6,8-9,13-14,16H,2-5,7,10-12,15H2,1H3,(H2,19,20)/t16-/m1/s1. The predicted molar refractivity (Wildman–Crippen MR) is 85.6 cm³/mol. The van der Waals surface area contributed by atoms with Crippen LogP contribution in [-0.4, -0.2) is 5.91 Å². The Morgan fingerprint density at radius 3 is 2.30 bits per heavy atom. The van der Waals surface area contributed by atoms with Crippen molar-refractivity contribution in [3.05, 3.63) is 35.9 Å². The summed E-state index contributed by atoms with van der Waals surface area (Å²) in [5, 5.41) is 0. The highest BCUT2D eigenvalue weighted by Crippen LogP contribution is 2.27. The van der Waals surface area contributed by atoms with Crippen LogP contribution in [0, 0.1) is 0 Å². The molecule has 0 aliphatic rings. The quantitative estimate of drug-likeness (QED) is 0.580. The van der Waals surface area contributed by atoms with Crippen molar-refractivity contribution in [1.82, 2.24) is 0 Å². The van der Waals surface area contributed by atoms with Crippen LogP contribution in [0.3, 0.4) is 0 Å². The van der Waals surface area contributed by atoms with Crippen molar-refractivity contribution in [2.24, 2.45) is 5.73 Å². The Kier molecular flexibility index (Phi) is 8.77. The molecule has 2 N–H and O–H groups in total. The molecule has 1 rings (SSSR count). The number of unbranched alkanes of at least 4 members (excludes halogenated alkanes) is 4. The molecule has 20 heavy (non-hydrogen) atoms. The van der Waals surface area contributed by atoms with Crippen LogP contribution in [0.15, 0.2) is 30.3 Å². The van der Waals surface area contributed by atoms with Crippen LogP contribution >= 0.6 is 0 Å². The lowest BCUT2D eigenvalue weighted by atomic mass is 9.88. The Bertz CT molecular complexity index is 361. The van der Waals surface area contributed by atoms with E-state index in [1.165, 1.54) is 44.1 Å². The van der Waals surface area contributed by atoms with Gasteiger partial charge in [-0.3, -0.25) is 4.79 Å². The maximum absolute atomic E-state index is 10.7. The second-order valence-corrected chi connectivity index (χ2v) is 5.67. The number of carbonyl (C=O) groups is 1. The number of amides is 1. The molecule has 0 bridgehead atoms. The first-order chi connectivity index (χ1) is 9.74. The summed E-state index contributed by atoms with van der Waals surface area (Å²) < 4.78 is 0. The minimum atomic E-state index is -0.171. The molecule has 0 radical (unpaired) electrons. The highest BCUT2D eigenvalue weighted by atomic mass is 16.1. The summed E-state index contributed by atoms with van der Waals surface area (Å²) in [5.41, 5.74) is 6.63. The van der Waals surface area contributed by atoms with E-state index in [1.54, 1.807) is 0 Å². The van der Waals surface area contributed by atoms with Crippen molar-refractivity contribution in [3.63, 3.8) is 0 Å². The fourth-order valence-corrected chi connectivity index (χ4v) is 2.70. The fourth-order valence-electron chi connectivity index (χ4n) is 2.70. The Labute approximate surface area is 123 Å². The van der Waals surface area contributed by atoms with Crippen molar-refractivity contribution in [3.8, 4) is 0 Å². The van der Waals surface area contributed by atoms with E-state index in [2.05, 4.69) is 37.3 Å². The summed E-state index contributed by atoms with van der Waals surface area (Å²) in [6.45, 7) is 2.26. The van der Waals surface area contributed by atoms with Gasteiger partial charge < -0.3 is 5.73 Å². The van der Waals surface area contributed by atoms with Gasteiger partial charge in [-0.05, 0) is 30.7 Å². The van der Waals surface area contributed by atoms with Gasteiger partial charge in [0.2, 0.25) is 5.91 Å². The topological polar surface area (TPSA) is 43.1 Å². The minimum absolute atomic E-state index is 0.171. The summed E-state index contributed by atoms with van der Waals surface area (Å²) in [6.07, 6.45) is 10.2. The van der Waals surface area contributed by atoms with Gasteiger partial charge in [0, 0.05) is 6.42 Å². The van der Waals surface area contributed by atoms with Gasteiger partial charge >= 0.3 is 0 Å². The average molecular weight is 275 g/mol. The van der Waals surface area contributed by atoms with Gasteiger partial charge in [-0.1, -0.05) is 69.4 Å². The first-order valence-electron chi connectivity index (χ1n) is 8.07.